The van der Waals surface area contributed by atoms with E-state index in [0.29, 0.717) is 0 Å². The smallest absolute Gasteiger partial charge is 0.245 e. The lowest BCUT2D eigenvalue weighted by molar-refractivity contribution is -0.129. The molecule has 1 aliphatic heterocycles. The third-order valence-electron chi connectivity index (χ3n) is 3.75. The number of likely N-dealkylation sites (N-methyl/N-ethyl adjacent to an activating group) is 1. The Kier molecular flexibility index (Phi) is 3.50. The number of nitrogens with zero attached hydrogens (tertiary/aromatic N) is 3. The van der Waals surface area contributed by atoms with Crippen molar-refractivity contribution < 1.29 is 4.79 Å². The minimum atomic E-state index is -0.236. The summed E-state index contributed by atoms with van der Waals surface area (Å²) in [5.41, 5.74) is 1.83. The van der Waals surface area contributed by atoms with Crippen LogP contribution in [-0.2, 0) is 4.79 Å². The summed E-state index contributed by atoms with van der Waals surface area (Å²) in [5, 5.41) is -0.236. The molecule has 0 aliphatic carbocycles. The molecular formula is C14H15BrClN3O. The molecule has 20 heavy (non-hydrogen) atoms. The number of carbonyl (C=O) groups excluding carboxylic acids is 1. The molecule has 2 atom stereocenters. The zero-order valence-electron chi connectivity index (χ0n) is 11.3. The molecule has 106 valence electrons. The van der Waals surface area contributed by atoms with Crippen LogP contribution in [0.3, 0.4) is 0 Å². The van der Waals surface area contributed by atoms with Gasteiger partial charge in [0.15, 0.2) is 0 Å². The maximum absolute atomic E-state index is 12.3. The molecule has 1 aromatic heterocycles. The number of benzene rings is 1. The highest BCUT2D eigenvalue weighted by Crippen LogP contribution is 2.33. The number of likely N-dealkylation sites (tertiary alicyclic amines) is 1. The first-order valence-corrected chi connectivity index (χ1v) is 7.78. The van der Waals surface area contributed by atoms with Crippen LogP contribution in [0, 0.1) is 0 Å². The molecule has 1 aliphatic rings. The van der Waals surface area contributed by atoms with E-state index in [1.807, 2.05) is 36.7 Å². The molecule has 0 spiro atoms. The second-order valence-corrected chi connectivity index (χ2v) is 6.72. The van der Waals surface area contributed by atoms with Crippen LogP contribution in [0.25, 0.3) is 11.0 Å². The summed E-state index contributed by atoms with van der Waals surface area (Å²) in [7, 11) is 1.83. The Labute approximate surface area is 130 Å². The average molecular weight is 357 g/mol. The molecule has 1 saturated heterocycles. The van der Waals surface area contributed by atoms with Gasteiger partial charge in [-0.2, -0.15) is 0 Å². The lowest BCUT2D eigenvalue weighted by Gasteiger charge is -2.17. The van der Waals surface area contributed by atoms with Crippen molar-refractivity contribution in [3.63, 3.8) is 0 Å². The number of imidazole rings is 1. The Hall–Kier alpha value is -1.07. The number of hydrogen-bond acceptors (Lipinski definition) is 2. The van der Waals surface area contributed by atoms with E-state index in [4.69, 9.17) is 11.6 Å². The van der Waals surface area contributed by atoms with Crippen molar-refractivity contribution in [2.45, 2.75) is 24.8 Å². The van der Waals surface area contributed by atoms with Gasteiger partial charge in [-0.15, -0.1) is 11.6 Å². The van der Waals surface area contributed by atoms with Gasteiger partial charge in [0.05, 0.1) is 16.4 Å². The summed E-state index contributed by atoms with van der Waals surface area (Å²) in [4.78, 5) is 18.7. The summed E-state index contributed by atoms with van der Waals surface area (Å²) < 4.78 is 2.97. The van der Waals surface area contributed by atoms with E-state index >= 15 is 0 Å². The molecule has 6 heteroatoms. The number of fused-ring (bicyclic) bond motifs is 1. The van der Waals surface area contributed by atoms with Gasteiger partial charge in [0.1, 0.15) is 11.9 Å². The van der Waals surface area contributed by atoms with Gasteiger partial charge in [-0.1, -0.05) is 15.9 Å². The van der Waals surface area contributed by atoms with Crippen LogP contribution in [-0.4, -0.2) is 34.0 Å². The van der Waals surface area contributed by atoms with Gasteiger partial charge in [-0.05, 0) is 31.5 Å². The van der Waals surface area contributed by atoms with Gasteiger partial charge in [-0.3, -0.25) is 4.79 Å². The Bertz CT molecular complexity index is 682. The number of alkyl halides is 1. The van der Waals surface area contributed by atoms with Gasteiger partial charge in [0, 0.05) is 18.1 Å². The first-order valence-electron chi connectivity index (χ1n) is 6.55. The van der Waals surface area contributed by atoms with Crippen LogP contribution in [0.2, 0.25) is 0 Å². The largest absolute Gasteiger partial charge is 0.344 e. The topological polar surface area (TPSA) is 38.1 Å². The van der Waals surface area contributed by atoms with Crippen LogP contribution in [0.1, 0.15) is 30.6 Å². The highest BCUT2D eigenvalue weighted by atomic mass is 79.9. The lowest BCUT2D eigenvalue weighted by Crippen LogP contribution is -2.25. The van der Waals surface area contributed by atoms with Gasteiger partial charge >= 0.3 is 0 Å². The number of rotatable bonds is 2. The molecule has 0 saturated carbocycles. The molecule has 3 rings (SSSR count). The van der Waals surface area contributed by atoms with Crippen molar-refractivity contribution in [1.29, 1.82) is 0 Å². The fourth-order valence-electron chi connectivity index (χ4n) is 2.74. The number of halogens is 2. The summed E-state index contributed by atoms with van der Waals surface area (Å²) >= 11 is 9.74. The summed E-state index contributed by atoms with van der Waals surface area (Å²) in [6.07, 6.45) is 0.796. The third kappa shape index (κ3) is 2.13. The maximum Gasteiger partial charge on any atom is 0.245 e. The van der Waals surface area contributed by atoms with Crippen molar-refractivity contribution >= 4 is 44.5 Å². The highest BCUT2D eigenvalue weighted by Gasteiger charge is 2.34. The Balaban J connectivity index is 2.23. The van der Waals surface area contributed by atoms with Gasteiger partial charge in [-0.25, -0.2) is 4.98 Å². The molecule has 2 unspecified atom stereocenters. The molecule has 2 heterocycles. The zero-order chi connectivity index (χ0) is 14.4. The van der Waals surface area contributed by atoms with E-state index in [-0.39, 0.29) is 17.3 Å². The van der Waals surface area contributed by atoms with Crippen molar-refractivity contribution in [3.05, 3.63) is 28.5 Å². The average Bonchev–Trinajstić information content (AvgIpc) is 2.91. The predicted molar refractivity (Wildman–Crippen MR) is 83.0 cm³/mol. The van der Waals surface area contributed by atoms with E-state index in [1.165, 1.54) is 0 Å². The van der Waals surface area contributed by atoms with Crippen molar-refractivity contribution in [3.8, 4) is 0 Å². The van der Waals surface area contributed by atoms with E-state index < -0.39 is 0 Å². The van der Waals surface area contributed by atoms with Crippen LogP contribution in [0.4, 0.5) is 0 Å². The Morgan fingerprint density at radius 1 is 1.50 bits per heavy atom. The quantitative estimate of drug-likeness (QED) is 0.772. The monoisotopic (exact) mass is 355 g/mol. The lowest BCUT2D eigenvalue weighted by atomic mass is 10.2. The summed E-state index contributed by atoms with van der Waals surface area (Å²) in [6, 6.07) is 5.69. The van der Waals surface area contributed by atoms with Crippen molar-refractivity contribution in [2.24, 2.45) is 0 Å². The minimum Gasteiger partial charge on any atom is -0.344 e. The van der Waals surface area contributed by atoms with E-state index in [1.54, 1.807) is 4.90 Å². The van der Waals surface area contributed by atoms with Crippen LogP contribution < -0.4 is 0 Å². The minimum absolute atomic E-state index is 0.128. The first kappa shape index (κ1) is 13.9. The fraction of sp³-hybridized carbons (Fsp3) is 0.429. The number of hydrogen-bond donors (Lipinski definition) is 0. The normalized spacial score (nSPS) is 20.9. The fourth-order valence-corrected chi connectivity index (χ4v) is 3.24. The van der Waals surface area contributed by atoms with Crippen LogP contribution >= 0.6 is 27.5 Å². The SMILES string of the molecule is CC(Cl)c1nc2ccc(Br)cc2n1C1CCN(C)C1=O. The Morgan fingerprint density at radius 2 is 2.25 bits per heavy atom. The molecule has 0 bridgehead atoms. The molecule has 0 N–H and O–H groups in total. The standard InChI is InChI=1S/C14H15BrClN3O/c1-8(16)13-17-10-4-3-9(15)7-12(10)19(13)11-5-6-18(2)14(11)20/h3-4,7-8,11H,5-6H2,1-2H3. The number of aromatic nitrogens is 2. The van der Waals surface area contributed by atoms with Gasteiger partial charge < -0.3 is 9.47 Å². The molecule has 1 amide bonds. The number of carbonyl (C=O) groups is 1. The predicted octanol–water partition coefficient (Wildman–Crippen LogP) is 3.50. The van der Waals surface area contributed by atoms with Gasteiger partial charge in [0.2, 0.25) is 5.91 Å². The summed E-state index contributed by atoms with van der Waals surface area (Å²) in [5.74, 6) is 0.885. The highest BCUT2D eigenvalue weighted by molar-refractivity contribution is 9.10. The number of amides is 1. The second kappa shape index (κ2) is 5.04. The Morgan fingerprint density at radius 3 is 2.85 bits per heavy atom. The zero-order valence-corrected chi connectivity index (χ0v) is 13.6. The second-order valence-electron chi connectivity index (χ2n) is 5.15. The maximum atomic E-state index is 12.3. The molecule has 4 nitrogen and oxygen atoms in total. The molecule has 2 aromatic rings. The molecule has 0 radical (unpaired) electrons. The molecular weight excluding hydrogens is 342 g/mol. The molecule has 1 fully saturated rings. The first-order chi connectivity index (χ1) is 9.49. The van der Waals surface area contributed by atoms with E-state index in [9.17, 15) is 4.79 Å². The molecule has 1 aromatic carbocycles. The summed E-state index contributed by atoms with van der Waals surface area (Å²) in [6.45, 7) is 2.66. The van der Waals surface area contributed by atoms with E-state index in [2.05, 4.69) is 20.9 Å². The van der Waals surface area contributed by atoms with Crippen molar-refractivity contribution in [1.82, 2.24) is 14.5 Å². The third-order valence-corrected chi connectivity index (χ3v) is 4.43. The van der Waals surface area contributed by atoms with Gasteiger partial charge in [0.25, 0.3) is 0 Å². The van der Waals surface area contributed by atoms with Crippen LogP contribution in [0.15, 0.2) is 22.7 Å². The van der Waals surface area contributed by atoms with Crippen LogP contribution in [0.5, 0.6) is 0 Å². The van der Waals surface area contributed by atoms with E-state index in [0.717, 1.165) is 34.3 Å². The van der Waals surface area contributed by atoms with Crippen molar-refractivity contribution in [2.75, 3.05) is 13.6 Å².